The molecule has 6 heteroatoms. The summed E-state index contributed by atoms with van der Waals surface area (Å²) in [5, 5.41) is 20.3. The Hall–Kier alpha value is -0.340. The van der Waals surface area contributed by atoms with Gasteiger partial charge in [-0.05, 0) is 56.7 Å². The van der Waals surface area contributed by atoms with Crippen molar-refractivity contribution in [2.45, 2.75) is 6.10 Å². The summed E-state index contributed by atoms with van der Waals surface area (Å²) in [6.07, 6.45) is -1.39. The average Bonchev–Trinajstić information content (AvgIpc) is 2.19. The van der Waals surface area contributed by atoms with Crippen LogP contribution in [0, 0.1) is 3.57 Å². The van der Waals surface area contributed by atoms with Crippen molar-refractivity contribution in [3.8, 4) is 0 Å². The van der Waals surface area contributed by atoms with Crippen molar-refractivity contribution in [1.29, 1.82) is 0 Å². The third-order valence-electron chi connectivity index (χ3n) is 1.70. The van der Waals surface area contributed by atoms with Crippen LogP contribution in [0.4, 0.5) is 5.69 Å². The largest absolute Gasteiger partial charge is 0.479 e. The van der Waals surface area contributed by atoms with Crippen LogP contribution in [0.5, 0.6) is 0 Å². The number of hydrogen-bond acceptors (Lipinski definition) is 3. The molecule has 0 spiro atoms. The summed E-state index contributed by atoms with van der Waals surface area (Å²) in [5.41, 5.74) is 0.766. The first kappa shape index (κ1) is 12.7. The molecular weight excluding hydrogens is 377 g/mol. The number of benzene rings is 1. The first-order valence-electron chi connectivity index (χ1n) is 4.10. The normalized spacial score (nSPS) is 12.2. The molecule has 0 aliphatic heterocycles. The Morgan fingerprint density at radius 3 is 2.80 bits per heavy atom. The number of aliphatic carboxylic acids is 1. The standard InChI is InChI=1S/C9H9BrINO3/c10-6-3-5(1-2-7(6)11)12-4-8(13)9(14)15/h1-3,8,12-13H,4H2,(H,14,15). The van der Waals surface area contributed by atoms with Crippen LogP contribution >= 0.6 is 38.5 Å². The van der Waals surface area contributed by atoms with E-state index in [9.17, 15) is 4.79 Å². The predicted molar refractivity (Wildman–Crippen MR) is 69.0 cm³/mol. The van der Waals surface area contributed by atoms with Gasteiger partial charge < -0.3 is 15.5 Å². The number of rotatable bonds is 4. The molecule has 3 N–H and O–H groups in total. The molecule has 0 aliphatic carbocycles. The van der Waals surface area contributed by atoms with E-state index in [1.807, 2.05) is 18.2 Å². The quantitative estimate of drug-likeness (QED) is 0.692. The van der Waals surface area contributed by atoms with Crippen molar-refractivity contribution < 1.29 is 15.0 Å². The first-order valence-corrected chi connectivity index (χ1v) is 5.97. The van der Waals surface area contributed by atoms with Gasteiger partial charge in [-0.25, -0.2) is 4.79 Å². The summed E-state index contributed by atoms with van der Waals surface area (Å²) >= 11 is 5.53. The minimum atomic E-state index is -1.39. The topological polar surface area (TPSA) is 69.6 Å². The van der Waals surface area contributed by atoms with Gasteiger partial charge in [0.2, 0.25) is 0 Å². The molecule has 1 unspecified atom stereocenters. The summed E-state index contributed by atoms with van der Waals surface area (Å²) in [4.78, 5) is 10.3. The third-order valence-corrected chi connectivity index (χ3v) is 4.04. The third kappa shape index (κ3) is 3.96. The van der Waals surface area contributed by atoms with E-state index < -0.39 is 12.1 Å². The van der Waals surface area contributed by atoms with Gasteiger partial charge in [0.25, 0.3) is 0 Å². The number of aliphatic hydroxyl groups excluding tert-OH is 1. The molecule has 1 aromatic carbocycles. The van der Waals surface area contributed by atoms with Gasteiger partial charge in [-0.1, -0.05) is 0 Å². The lowest BCUT2D eigenvalue weighted by Gasteiger charge is -2.09. The van der Waals surface area contributed by atoms with E-state index in [-0.39, 0.29) is 6.54 Å². The number of anilines is 1. The van der Waals surface area contributed by atoms with Gasteiger partial charge in [-0.15, -0.1) is 0 Å². The molecule has 15 heavy (non-hydrogen) atoms. The molecule has 0 radical (unpaired) electrons. The smallest absolute Gasteiger partial charge is 0.334 e. The van der Waals surface area contributed by atoms with E-state index in [0.717, 1.165) is 13.7 Å². The molecule has 0 heterocycles. The van der Waals surface area contributed by atoms with Crippen molar-refractivity contribution in [1.82, 2.24) is 0 Å². The minimum Gasteiger partial charge on any atom is -0.479 e. The van der Waals surface area contributed by atoms with Crippen LogP contribution in [0.25, 0.3) is 0 Å². The van der Waals surface area contributed by atoms with Gasteiger partial charge in [0.15, 0.2) is 6.10 Å². The van der Waals surface area contributed by atoms with Crippen LogP contribution in [-0.4, -0.2) is 28.8 Å². The minimum absolute atomic E-state index is 0.0115. The van der Waals surface area contributed by atoms with E-state index in [2.05, 4.69) is 43.8 Å². The van der Waals surface area contributed by atoms with Gasteiger partial charge in [0, 0.05) is 13.7 Å². The lowest BCUT2D eigenvalue weighted by molar-refractivity contribution is -0.145. The molecule has 0 saturated carbocycles. The number of aliphatic hydroxyl groups is 1. The first-order chi connectivity index (χ1) is 7.00. The average molecular weight is 386 g/mol. The van der Waals surface area contributed by atoms with Crippen molar-refractivity contribution >= 4 is 50.2 Å². The number of carboxylic acid groups (broad SMARTS) is 1. The maximum absolute atomic E-state index is 10.3. The molecular formula is C9H9BrINO3. The molecule has 0 fully saturated rings. The number of nitrogens with one attached hydrogen (secondary N) is 1. The predicted octanol–water partition coefficient (Wildman–Crippen LogP) is 1.91. The van der Waals surface area contributed by atoms with Gasteiger partial charge >= 0.3 is 5.97 Å². The summed E-state index contributed by atoms with van der Waals surface area (Å²) in [6, 6.07) is 5.54. The highest BCUT2D eigenvalue weighted by Gasteiger charge is 2.12. The Labute approximate surface area is 109 Å². The monoisotopic (exact) mass is 385 g/mol. The van der Waals surface area contributed by atoms with Crippen LogP contribution in [0.2, 0.25) is 0 Å². The van der Waals surface area contributed by atoms with E-state index in [4.69, 9.17) is 10.2 Å². The Kier molecular flexibility index (Phi) is 4.81. The zero-order valence-electron chi connectivity index (χ0n) is 7.58. The van der Waals surface area contributed by atoms with E-state index in [1.165, 1.54) is 0 Å². The Morgan fingerprint density at radius 2 is 2.27 bits per heavy atom. The SMILES string of the molecule is O=C(O)C(O)CNc1ccc(I)c(Br)c1. The number of carbonyl (C=O) groups is 1. The van der Waals surface area contributed by atoms with E-state index >= 15 is 0 Å². The van der Waals surface area contributed by atoms with Crippen molar-refractivity contribution in [3.63, 3.8) is 0 Å². The lowest BCUT2D eigenvalue weighted by atomic mass is 10.3. The maximum atomic E-state index is 10.3. The fourth-order valence-corrected chi connectivity index (χ4v) is 1.62. The van der Waals surface area contributed by atoms with Crippen molar-refractivity contribution in [3.05, 3.63) is 26.2 Å². The fourth-order valence-electron chi connectivity index (χ4n) is 0.908. The highest BCUT2D eigenvalue weighted by Crippen LogP contribution is 2.22. The zero-order valence-corrected chi connectivity index (χ0v) is 11.3. The molecule has 0 amide bonds. The highest BCUT2D eigenvalue weighted by molar-refractivity contribution is 14.1. The summed E-state index contributed by atoms with van der Waals surface area (Å²) < 4.78 is 2.00. The molecule has 0 aliphatic rings. The molecule has 0 saturated heterocycles. The number of hydrogen-bond donors (Lipinski definition) is 3. The number of halogens is 2. The van der Waals surface area contributed by atoms with E-state index in [0.29, 0.717) is 0 Å². The van der Waals surface area contributed by atoms with Gasteiger partial charge in [0.05, 0.1) is 6.54 Å². The second-order valence-electron chi connectivity index (χ2n) is 2.86. The second kappa shape index (κ2) is 5.66. The fraction of sp³-hybridized carbons (Fsp3) is 0.222. The van der Waals surface area contributed by atoms with Crippen LogP contribution in [-0.2, 0) is 4.79 Å². The zero-order chi connectivity index (χ0) is 11.4. The molecule has 82 valence electrons. The Morgan fingerprint density at radius 1 is 1.60 bits per heavy atom. The molecule has 4 nitrogen and oxygen atoms in total. The molecule has 0 bridgehead atoms. The highest BCUT2D eigenvalue weighted by atomic mass is 127. The summed E-state index contributed by atoms with van der Waals surface area (Å²) in [5.74, 6) is -1.23. The van der Waals surface area contributed by atoms with Gasteiger partial charge in [-0.3, -0.25) is 0 Å². The second-order valence-corrected chi connectivity index (χ2v) is 4.88. The van der Waals surface area contributed by atoms with Crippen molar-refractivity contribution in [2.75, 3.05) is 11.9 Å². The van der Waals surface area contributed by atoms with Crippen LogP contribution in [0.15, 0.2) is 22.7 Å². The molecule has 0 aromatic heterocycles. The molecule has 1 atom stereocenters. The maximum Gasteiger partial charge on any atom is 0.334 e. The Balaban J connectivity index is 2.58. The molecule has 1 aromatic rings. The van der Waals surface area contributed by atoms with Gasteiger partial charge in [0.1, 0.15) is 0 Å². The van der Waals surface area contributed by atoms with Crippen molar-refractivity contribution in [2.24, 2.45) is 0 Å². The number of carboxylic acids is 1. The van der Waals surface area contributed by atoms with Crippen LogP contribution in [0.1, 0.15) is 0 Å². The van der Waals surface area contributed by atoms with Crippen LogP contribution in [0.3, 0.4) is 0 Å². The van der Waals surface area contributed by atoms with Crippen LogP contribution < -0.4 is 5.32 Å². The summed E-state index contributed by atoms with van der Waals surface area (Å²) in [7, 11) is 0. The Bertz CT molecular complexity index is 372. The van der Waals surface area contributed by atoms with Gasteiger partial charge in [-0.2, -0.15) is 0 Å². The van der Waals surface area contributed by atoms with E-state index in [1.54, 1.807) is 0 Å². The molecule has 1 rings (SSSR count). The summed E-state index contributed by atoms with van der Waals surface area (Å²) in [6.45, 7) is -0.0115. The lowest BCUT2D eigenvalue weighted by Crippen LogP contribution is -2.28.